The van der Waals surface area contributed by atoms with Crippen LogP contribution in [0.4, 0.5) is 0 Å². The Morgan fingerprint density at radius 3 is 2.60 bits per heavy atom. The number of carbonyl (C=O) groups is 1. The molecule has 1 amide bonds. The molecule has 0 spiro atoms. The van der Waals surface area contributed by atoms with Gasteiger partial charge in [-0.1, -0.05) is 36.4 Å². The van der Waals surface area contributed by atoms with Crippen LogP contribution in [0.25, 0.3) is 0 Å². The zero-order chi connectivity index (χ0) is 14.4. The van der Waals surface area contributed by atoms with Crippen molar-refractivity contribution in [3.63, 3.8) is 0 Å². The highest BCUT2D eigenvalue weighted by Crippen LogP contribution is 2.16. The Hall–Kier alpha value is -2.62. The van der Waals surface area contributed by atoms with Crippen LogP contribution in [0.2, 0.25) is 0 Å². The lowest BCUT2D eigenvalue weighted by molar-refractivity contribution is 0.0952. The van der Waals surface area contributed by atoms with Crippen molar-refractivity contribution in [2.45, 2.75) is 6.92 Å². The SMILES string of the molecule is COc1ccccc1C(=O)NN=C(C)c1cc[c]cc1. The van der Waals surface area contributed by atoms with Crippen molar-refractivity contribution >= 4 is 11.6 Å². The molecular weight excluding hydrogens is 252 g/mol. The van der Waals surface area contributed by atoms with Crippen molar-refractivity contribution in [3.8, 4) is 5.75 Å². The number of benzene rings is 2. The van der Waals surface area contributed by atoms with Gasteiger partial charge in [0.15, 0.2) is 0 Å². The molecule has 2 rings (SSSR count). The lowest BCUT2D eigenvalue weighted by Gasteiger charge is -2.07. The first-order valence-corrected chi connectivity index (χ1v) is 6.16. The number of ether oxygens (including phenoxy) is 1. The Labute approximate surface area is 118 Å². The second-order valence-corrected chi connectivity index (χ2v) is 4.13. The summed E-state index contributed by atoms with van der Waals surface area (Å²) >= 11 is 0. The summed E-state index contributed by atoms with van der Waals surface area (Å²) in [6.45, 7) is 1.83. The van der Waals surface area contributed by atoms with Crippen molar-refractivity contribution < 1.29 is 9.53 Å². The van der Waals surface area contributed by atoms with Crippen LogP contribution in [-0.2, 0) is 0 Å². The summed E-state index contributed by atoms with van der Waals surface area (Å²) in [6.07, 6.45) is 0. The quantitative estimate of drug-likeness (QED) is 0.684. The van der Waals surface area contributed by atoms with Gasteiger partial charge in [0, 0.05) is 0 Å². The first-order valence-electron chi connectivity index (χ1n) is 6.16. The summed E-state index contributed by atoms with van der Waals surface area (Å²) < 4.78 is 5.14. The van der Waals surface area contributed by atoms with E-state index in [1.165, 1.54) is 7.11 Å². The predicted molar refractivity (Wildman–Crippen MR) is 77.9 cm³/mol. The van der Waals surface area contributed by atoms with Gasteiger partial charge >= 0.3 is 0 Å². The predicted octanol–water partition coefficient (Wildman–Crippen LogP) is 2.65. The van der Waals surface area contributed by atoms with Crippen LogP contribution >= 0.6 is 0 Å². The van der Waals surface area contributed by atoms with Crippen LogP contribution in [0.5, 0.6) is 5.75 Å². The van der Waals surface area contributed by atoms with Crippen molar-refractivity contribution in [2.75, 3.05) is 7.11 Å². The minimum atomic E-state index is -0.302. The van der Waals surface area contributed by atoms with E-state index in [1.54, 1.807) is 30.3 Å². The molecule has 0 fully saturated rings. The third-order valence-electron chi connectivity index (χ3n) is 2.81. The first kappa shape index (κ1) is 13.8. The number of carbonyl (C=O) groups excluding carboxylic acids is 1. The minimum absolute atomic E-state index is 0.302. The minimum Gasteiger partial charge on any atom is -0.496 e. The molecule has 0 saturated heterocycles. The molecule has 2 aromatic carbocycles. The molecule has 0 saturated carbocycles. The Kier molecular flexibility index (Phi) is 4.50. The number of nitrogens with one attached hydrogen (secondary N) is 1. The Morgan fingerprint density at radius 2 is 1.90 bits per heavy atom. The van der Waals surface area contributed by atoms with E-state index in [1.807, 2.05) is 25.1 Å². The van der Waals surface area contributed by atoms with Crippen LogP contribution in [0.15, 0.2) is 53.6 Å². The molecule has 0 aliphatic heterocycles. The highest BCUT2D eigenvalue weighted by molar-refractivity contribution is 6.01. The average Bonchev–Trinajstić information content (AvgIpc) is 2.53. The van der Waals surface area contributed by atoms with Crippen molar-refractivity contribution in [1.82, 2.24) is 5.43 Å². The smallest absolute Gasteiger partial charge is 0.275 e. The van der Waals surface area contributed by atoms with E-state index >= 15 is 0 Å². The van der Waals surface area contributed by atoms with Crippen molar-refractivity contribution in [3.05, 3.63) is 65.7 Å². The third-order valence-corrected chi connectivity index (χ3v) is 2.81. The van der Waals surface area contributed by atoms with E-state index < -0.39 is 0 Å². The topological polar surface area (TPSA) is 50.7 Å². The summed E-state index contributed by atoms with van der Waals surface area (Å²) in [4.78, 5) is 12.1. The summed E-state index contributed by atoms with van der Waals surface area (Å²) in [5.74, 6) is 0.219. The van der Waals surface area contributed by atoms with Crippen LogP contribution in [0, 0.1) is 6.07 Å². The zero-order valence-electron chi connectivity index (χ0n) is 11.4. The molecular formula is C16H15N2O2. The first-order chi connectivity index (χ1) is 9.72. The second kappa shape index (κ2) is 6.52. The van der Waals surface area contributed by atoms with Crippen molar-refractivity contribution in [2.24, 2.45) is 5.10 Å². The van der Waals surface area contributed by atoms with Crippen molar-refractivity contribution in [1.29, 1.82) is 0 Å². The van der Waals surface area contributed by atoms with Gasteiger partial charge in [0.25, 0.3) is 5.91 Å². The van der Waals surface area contributed by atoms with Gasteiger partial charge in [-0.3, -0.25) is 4.79 Å². The summed E-state index contributed by atoms with van der Waals surface area (Å²) in [5, 5.41) is 4.09. The number of para-hydroxylation sites is 1. The highest BCUT2D eigenvalue weighted by Gasteiger charge is 2.10. The van der Waals surface area contributed by atoms with Gasteiger partial charge in [0.1, 0.15) is 5.75 Å². The third kappa shape index (κ3) is 3.23. The van der Waals surface area contributed by atoms with Crippen LogP contribution < -0.4 is 10.2 Å². The Bertz CT molecular complexity index is 621. The molecule has 2 aromatic rings. The summed E-state index contributed by atoms with van der Waals surface area (Å²) in [5.41, 5.74) is 4.64. The fraction of sp³-hybridized carbons (Fsp3) is 0.125. The maximum atomic E-state index is 12.1. The summed E-state index contributed by atoms with van der Waals surface area (Å²) in [6, 6.07) is 17.3. The molecule has 20 heavy (non-hydrogen) atoms. The van der Waals surface area contributed by atoms with E-state index in [0.29, 0.717) is 11.3 Å². The van der Waals surface area contributed by atoms with E-state index in [4.69, 9.17) is 4.74 Å². The molecule has 1 N–H and O–H groups in total. The molecule has 4 heteroatoms. The van der Waals surface area contributed by atoms with E-state index in [9.17, 15) is 4.79 Å². The van der Waals surface area contributed by atoms with Gasteiger partial charge in [0.05, 0.1) is 18.4 Å². The number of amides is 1. The molecule has 0 aromatic heterocycles. The molecule has 0 aliphatic rings. The van der Waals surface area contributed by atoms with Crippen LogP contribution in [-0.4, -0.2) is 18.7 Å². The molecule has 0 heterocycles. The van der Waals surface area contributed by atoms with E-state index in [0.717, 1.165) is 11.3 Å². The fourth-order valence-electron chi connectivity index (χ4n) is 1.72. The van der Waals surface area contributed by atoms with Crippen LogP contribution in [0.3, 0.4) is 0 Å². The molecule has 1 radical (unpaired) electrons. The average molecular weight is 267 g/mol. The monoisotopic (exact) mass is 267 g/mol. The lowest BCUT2D eigenvalue weighted by atomic mass is 10.1. The fourth-order valence-corrected chi connectivity index (χ4v) is 1.72. The van der Waals surface area contributed by atoms with Crippen LogP contribution in [0.1, 0.15) is 22.8 Å². The van der Waals surface area contributed by atoms with Gasteiger partial charge in [0.2, 0.25) is 0 Å². The van der Waals surface area contributed by atoms with Gasteiger partial charge in [-0.25, -0.2) is 5.43 Å². The normalized spacial score (nSPS) is 11.0. The number of methoxy groups -OCH3 is 1. The van der Waals surface area contributed by atoms with Gasteiger partial charge in [-0.15, -0.1) is 0 Å². The summed E-state index contributed by atoms with van der Waals surface area (Å²) in [7, 11) is 1.53. The number of rotatable bonds is 4. The largest absolute Gasteiger partial charge is 0.496 e. The number of hydrazone groups is 1. The molecule has 101 valence electrons. The van der Waals surface area contributed by atoms with Gasteiger partial charge < -0.3 is 4.74 Å². The number of nitrogens with zero attached hydrogens (tertiary/aromatic N) is 1. The zero-order valence-corrected chi connectivity index (χ0v) is 11.4. The van der Waals surface area contributed by atoms with E-state index in [2.05, 4.69) is 16.6 Å². The van der Waals surface area contributed by atoms with Gasteiger partial charge in [-0.05, 0) is 30.7 Å². The highest BCUT2D eigenvalue weighted by atomic mass is 16.5. The molecule has 4 nitrogen and oxygen atoms in total. The lowest BCUT2D eigenvalue weighted by Crippen LogP contribution is -2.20. The van der Waals surface area contributed by atoms with E-state index in [-0.39, 0.29) is 5.91 Å². The molecule has 0 aliphatic carbocycles. The molecule has 0 unspecified atom stereocenters. The number of hydrogen-bond acceptors (Lipinski definition) is 3. The maximum absolute atomic E-state index is 12.1. The Morgan fingerprint density at radius 1 is 1.20 bits per heavy atom. The second-order valence-electron chi connectivity index (χ2n) is 4.13. The number of hydrogen-bond donors (Lipinski definition) is 1. The molecule has 0 bridgehead atoms. The Balaban J connectivity index is 2.12. The standard InChI is InChI=1S/C16H15N2O2/c1-12(13-8-4-3-5-9-13)17-18-16(19)14-10-6-7-11-15(14)20-2/h4-11H,1-2H3,(H,18,19). The maximum Gasteiger partial charge on any atom is 0.275 e. The van der Waals surface area contributed by atoms with Gasteiger partial charge in [-0.2, -0.15) is 5.10 Å². The molecule has 0 atom stereocenters.